The van der Waals surface area contributed by atoms with Crippen LogP contribution in [-0.4, -0.2) is 9.97 Å². The fraction of sp³-hybridized carbons (Fsp3) is 0.109. The number of aromatic nitrogens is 2. The molecule has 0 bridgehead atoms. The number of pyridine rings is 1. The second-order valence-electron chi connectivity index (χ2n) is 15.5. The maximum Gasteiger partial charge on any atom is 0.149 e. The molecule has 0 unspecified atom stereocenters. The van der Waals surface area contributed by atoms with Gasteiger partial charge in [0.05, 0.1) is 22.7 Å². The average Bonchev–Trinajstić information content (AvgIpc) is 3.91. The van der Waals surface area contributed by atoms with Gasteiger partial charge in [-0.3, -0.25) is 4.98 Å². The molecule has 7 aromatic carbocycles. The van der Waals surface area contributed by atoms with E-state index in [0.29, 0.717) is 28.2 Å². The van der Waals surface area contributed by atoms with Crippen LogP contribution >= 0.6 is 0 Å². The number of rotatable bonds is 7. The molecule has 1 radical (unpaired) electrons. The molecule has 0 fully saturated rings. The molecular weight excluding hydrogens is 927 g/mol. The Morgan fingerprint density at radius 3 is 1.97 bits per heavy atom. The summed E-state index contributed by atoms with van der Waals surface area (Å²) in [4.78, 5) is 9.18. The van der Waals surface area contributed by atoms with Crippen LogP contribution in [0.5, 0.6) is 0 Å². The van der Waals surface area contributed by atoms with E-state index in [-0.39, 0.29) is 31.9 Å². The van der Waals surface area contributed by atoms with Gasteiger partial charge in [0.25, 0.3) is 0 Å². The number of nitrogens with zero attached hydrogens (tertiary/aromatic N) is 3. The minimum absolute atomic E-state index is 0. The maximum absolute atomic E-state index is 9.41. The number of hydrogen-bond donors (Lipinski definition) is 0. The van der Waals surface area contributed by atoms with E-state index in [9.17, 15) is 5.26 Å². The smallest absolute Gasteiger partial charge is 0.149 e. The van der Waals surface area contributed by atoms with Crippen molar-refractivity contribution in [2.45, 2.75) is 39.5 Å². The fourth-order valence-electron chi connectivity index (χ4n) is 7.86. The van der Waals surface area contributed by atoms with E-state index in [4.69, 9.17) is 13.8 Å². The van der Waals surface area contributed by atoms with E-state index < -0.39 is 0 Å². The Morgan fingerprint density at radius 2 is 1.30 bits per heavy atom. The van der Waals surface area contributed by atoms with Crippen LogP contribution in [-0.2, 0) is 20.1 Å². The van der Waals surface area contributed by atoms with Gasteiger partial charge in [0.2, 0.25) is 0 Å². The van der Waals surface area contributed by atoms with E-state index in [2.05, 4.69) is 124 Å². The maximum atomic E-state index is 9.41. The van der Waals surface area contributed by atoms with Gasteiger partial charge in [-0.15, -0.1) is 54.1 Å². The van der Waals surface area contributed by atoms with Gasteiger partial charge >= 0.3 is 0 Å². The van der Waals surface area contributed by atoms with Crippen LogP contribution in [0.15, 0.2) is 173 Å². The first-order valence-corrected chi connectivity index (χ1v) is 20.3. The number of fused-ring (bicyclic) bond motifs is 4. The standard InChI is InChI=1S/C44H33N2O2.C11H8N.Ir/c1-26(2)37-23-32(31-19-17-30(18-20-31)29-10-6-5-7-11-29)24-38(27(3)4)41(37)35-13-9-15-39-43(35)48-44(46-39)36-14-8-12-34-33-21-16-28(25-45)22-40(33)47-42(34)36;1-2-6-10(7-3-1)11-8-4-5-9-12-11;/h5-13,15-24,26-27H,1-4H3;1-6,8-9H;/q2*-1;. The fourth-order valence-corrected chi connectivity index (χ4v) is 7.86. The van der Waals surface area contributed by atoms with Crippen molar-refractivity contribution in [3.63, 3.8) is 0 Å². The molecule has 0 aliphatic heterocycles. The first kappa shape index (κ1) is 40.9. The van der Waals surface area contributed by atoms with Gasteiger partial charge in [-0.25, -0.2) is 0 Å². The Hall–Kier alpha value is -6.90. The molecule has 0 saturated carbocycles. The third-order valence-corrected chi connectivity index (χ3v) is 10.9. The summed E-state index contributed by atoms with van der Waals surface area (Å²) in [5, 5.41) is 11.3. The van der Waals surface area contributed by atoms with Crippen molar-refractivity contribution >= 4 is 33.0 Å². The normalized spacial score (nSPS) is 11.1. The van der Waals surface area contributed by atoms with E-state index in [0.717, 1.165) is 38.7 Å². The molecule has 10 rings (SSSR count). The van der Waals surface area contributed by atoms with Gasteiger partial charge in [0.15, 0.2) is 0 Å². The summed E-state index contributed by atoms with van der Waals surface area (Å²) < 4.78 is 13.0. The third-order valence-electron chi connectivity index (χ3n) is 10.9. The minimum Gasteiger partial charge on any atom is -0.500 e. The zero-order valence-corrected chi connectivity index (χ0v) is 36.6. The van der Waals surface area contributed by atoms with Crippen LogP contribution in [0.2, 0.25) is 0 Å². The molecule has 0 atom stereocenters. The van der Waals surface area contributed by atoms with Crippen molar-refractivity contribution in [1.82, 2.24) is 9.97 Å². The number of benzene rings is 7. The van der Waals surface area contributed by atoms with E-state index in [1.807, 2.05) is 78.9 Å². The number of furan rings is 1. The summed E-state index contributed by atoms with van der Waals surface area (Å²) in [6, 6.07) is 62.0. The van der Waals surface area contributed by atoms with Crippen molar-refractivity contribution in [2.75, 3.05) is 0 Å². The monoisotopic (exact) mass is 968 g/mol. The van der Waals surface area contributed by atoms with Crippen LogP contribution < -0.4 is 0 Å². The van der Waals surface area contributed by atoms with Gasteiger partial charge in [-0.05, 0) is 86.3 Å². The number of oxazole rings is 1. The number of para-hydroxylation sites is 1. The summed E-state index contributed by atoms with van der Waals surface area (Å²) in [6.45, 7) is 9.02. The Kier molecular flexibility index (Phi) is 11.9. The van der Waals surface area contributed by atoms with Gasteiger partial charge in [-0.2, -0.15) is 5.26 Å². The predicted molar refractivity (Wildman–Crippen MR) is 243 cm³/mol. The molecule has 3 aromatic heterocycles. The van der Waals surface area contributed by atoms with Crippen molar-refractivity contribution in [3.05, 3.63) is 193 Å². The second kappa shape index (κ2) is 17.8. The molecule has 0 spiro atoms. The van der Waals surface area contributed by atoms with Gasteiger partial charge in [-0.1, -0.05) is 130 Å². The quantitative estimate of drug-likeness (QED) is 0.149. The number of hydrogen-bond acceptors (Lipinski definition) is 5. The topological polar surface area (TPSA) is 75.8 Å². The van der Waals surface area contributed by atoms with Crippen LogP contribution in [0.3, 0.4) is 0 Å². The molecule has 3 heterocycles. The summed E-state index contributed by atoms with van der Waals surface area (Å²) >= 11 is 0. The predicted octanol–water partition coefficient (Wildman–Crippen LogP) is 14.9. The Labute approximate surface area is 369 Å². The first-order valence-electron chi connectivity index (χ1n) is 20.3. The molecule has 0 aliphatic carbocycles. The van der Waals surface area contributed by atoms with Crippen LogP contribution in [0.25, 0.3) is 89.1 Å². The number of nitriles is 1. The molecule has 10 aromatic rings. The van der Waals surface area contributed by atoms with Gasteiger partial charge in [0, 0.05) is 37.3 Å². The summed E-state index contributed by atoms with van der Waals surface area (Å²) in [5.74, 6) is 0.999. The minimum atomic E-state index is 0. The SMILES string of the molecule is CC(C)c1cc(-c2ccc(-c3ccccc3)cc2)cc(C(C)C)c1-c1cccc2nc(-c3[c-]ccc4c3oc3cc(C#N)ccc34)oc12.[Ir].[c-]1ccccc1-c1ccccn1. The summed E-state index contributed by atoms with van der Waals surface area (Å²) in [6.07, 6.45) is 1.79. The zero-order chi connectivity index (χ0) is 41.2. The molecule has 5 nitrogen and oxygen atoms in total. The summed E-state index contributed by atoms with van der Waals surface area (Å²) in [5.41, 5.74) is 15.6. The average molecular weight is 968 g/mol. The van der Waals surface area contributed by atoms with Gasteiger partial charge in [0.1, 0.15) is 17.1 Å². The van der Waals surface area contributed by atoms with Crippen molar-refractivity contribution in [1.29, 1.82) is 5.26 Å². The molecule has 0 N–H and O–H groups in total. The Balaban J connectivity index is 0.000000340. The largest absolute Gasteiger partial charge is 0.500 e. The van der Waals surface area contributed by atoms with Gasteiger partial charge < -0.3 is 13.8 Å². The molecule has 0 amide bonds. The van der Waals surface area contributed by atoms with E-state index in [1.54, 1.807) is 12.3 Å². The van der Waals surface area contributed by atoms with Crippen LogP contribution in [0, 0.1) is 23.5 Å². The van der Waals surface area contributed by atoms with Crippen LogP contribution in [0.4, 0.5) is 0 Å². The van der Waals surface area contributed by atoms with Crippen molar-refractivity contribution in [2.24, 2.45) is 0 Å². The molecule has 0 saturated heterocycles. The van der Waals surface area contributed by atoms with Crippen LogP contribution in [0.1, 0.15) is 56.2 Å². The molecular formula is C55H41IrN3O2-2. The van der Waals surface area contributed by atoms with Crippen molar-refractivity contribution in [3.8, 4) is 62.2 Å². The molecule has 299 valence electrons. The Bertz CT molecular complexity index is 3080. The molecule has 0 aliphatic rings. The van der Waals surface area contributed by atoms with E-state index in [1.165, 1.54) is 38.9 Å². The third kappa shape index (κ3) is 8.19. The summed E-state index contributed by atoms with van der Waals surface area (Å²) in [7, 11) is 0. The molecule has 61 heavy (non-hydrogen) atoms. The van der Waals surface area contributed by atoms with Crippen molar-refractivity contribution < 1.29 is 28.9 Å². The Morgan fingerprint density at radius 1 is 0.590 bits per heavy atom. The first-order chi connectivity index (χ1) is 29.4. The van der Waals surface area contributed by atoms with E-state index >= 15 is 0 Å². The molecule has 6 heteroatoms. The second-order valence-corrected chi connectivity index (χ2v) is 15.5. The zero-order valence-electron chi connectivity index (χ0n) is 34.2.